The van der Waals surface area contributed by atoms with Gasteiger partial charge in [-0.2, -0.15) is 0 Å². The molecule has 0 unspecified atom stereocenters. The summed E-state index contributed by atoms with van der Waals surface area (Å²) in [5.41, 5.74) is 1.87. The van der Waals surface area contributed by atoms with E-state index in [0.717, 1.165) is 26.9 Å². The summed E-state index contributed by atoms with van der Waals surface area (Å²) in [5.74, 6) is -5.51. The van der Waals surface area contributed by atoms with Crippen LogP contribution >= 0.6 is 22.6 Å². The van der Waals surface area contributed by atoms with Gasteiger partial charge in [0.05, 0.1) is 49.9 Å². The topological polar surface area (TPSA) is 302 Å². The van der Waals surface area contributed by atoms with E-state index in [9.17, 15) is 61.8 Å². The number of alkyl halides is 2. The molecule has 496 valence electrons. The highest BCUT2D eigenvalue weighted by Gasteiger charge is 2.46. The maximum Gasteiger partial charge on any atom is 0.317 e. The van der Waals surface area contributed by atoms with Gasteiger partial charge >= 0.3 is 5.97 Å². The number of imide groups is 1. The van der Waals surface area contributed by atoms with E-state index in [0.29, 0.717) is 140 Å². The van der Waals surface area contributed by atoms with Crippen LogP contribution in [0.2, 0.25) is 0 Å². The first-order valence-corrected chi connectivity index (χ1v) is 31.7. The van der Waals surface area contributed by atoms with Gasteiger partial charge in [0, 0.05) is 113 Å². The Bertz CT molecular complexity index is 2970. The van der Waals surface area contributed by atoms with E-state index in [2.05, 4.69) is 59.7 Å². The molecule has 3 aromatic rings. The number of benzene rings is 2. The number of nitrogens with one attached hydrogen (secondary N) is 4. The Hall–Kier alpha value is -7.50. The SMILES string of the molecule is C#C[C@H]1CC(F)(F)CN1C(=O)CNC(=O)c1ccnc2ccc(OCCCCN3CCN(C(=O)CC(=O)NC(=O)[C@H](CCCCCNC(=O)CCCc4ccc(I)cc4)NC(=O)CN4CCN(COC=O)CCN(COC=O)CCN(CC(=O)O)CC4)CC3)cc12. The molecule has 7 amide bonds. The second kappa shape index (κ2) is 38.4. The van der Waals surface area contributed by atoms with Crippen LogP contribution in [0.4, 0.5) is 8.78 Å². The van der Waals surface area contributed by atoms with Crippen molar-refractivity contribution in [2.75, 3.05) is 138 Å². The number of aliphatic carboxylic acids is 1. The number of aromatic nitrogens is 1. The Morgan fingerprint density at radius 3 is 2.03 bits per heavy atom. The number of nitrogens with zero attached hydrogens (tertiary/aromatic N) is 8. The molecule has 4 heterocycles. The fourth-order valence-corrected chi connectivity index (χ4v) is 11.1. The zero-order valence-corrected chi connectivity index (χ0v) is 53.3. The van der Waals surface area contributed by atoms with E-state index >= 15 is 0 Å². The number of aryl methyl sites for hydroxylation is 1. The molecule has 2 aromatic carbocycles. The molecule has 1 aromatic heterocycles. The summed E-state index contributed by atoms with van der Waals surface area (Å²) in [7, 11) is 0. The van der Waals surface area contributed by atoms with Gasteiger partial charge in [0.1, 0.15) is 31.7 Å². The van der Waals surface area contributed by atoms with Crippen LogP contribution in [-0.2, 0) is 59.0 Å². The number of halogens is 3. The van der Waals surface area contributed by atoms with Gasteiger partial charge in [-0.3, -0.25) is 82.7 Å². The molecular weight excluding hydrogens is 1300 g/mol. The van der Waals surface area contributed by atoms with Gasteiger partial charge in [0.2, 0.25) is 35.4 Å². The molecule has 6 rings (SSSR count). The molecule has 26 nitrogen and oxygen atoms in total. The number of fused-ring (bicyclic) bond motifs is 1. The standard InChI is InChI=1S/C62H83F2IN12O14/c1-2-48-37-62(63,64)41-77(48)58(84)38-68-60(87)50-18-20-66-52-17-16-49(35-51(50)52)91-34-7-6-21-71-30-32-76(33-31-71)57(83)36-55(81)70-61(88)53(10-4-3-5-19-67-54(80)11-8-9-46-12-14-47(65)15-13-46)69-56(82)39-72-22-23-73(40-59(85)86)25-27-75(43-90-45-79)29-28-74(26-24-72)42-89-44-78/h1,12-18,20,35,44-45,48,53H,3-11,19,21-34,36-43H2,(H,67,80)(H,68,87)(H,69,82)(H,85,86)(H,70,81,88)/t48-,53-/m0/s1. The Labute approximate surface area is 541 Å². The van der Waals surface area contributed by atoms with Crippen LogP contribution in [-0.4, -0.2) is 261 Å². The van der Waals surface area contributed by atoms with E-state index in [-0.39, 0.29) is 70.6 Å². The zero-order chi connectivity index (χ0) is 65.5. The molecule has 0 bridgehead atoms. The van der Waals surface area contributed by atoms with E-state index in [1.807, 2.05) is 34.1 Å². The molecule has 91 heavy (non-hydrogen) atoms. The number of carbonyl (C=O) groups is 10. The van der Waals surface area contributed by atoms with Crippen LogP contribution in [0, 0.1) is 15.9 Å². The number of carboxylic acid groups (broad SMARTS) is 1. The third kappa shape index (κ3) is 26.0. The number of piperazine rings is 1. The summed E-state index contributed by atoms with van der Waals surface area (Å²) < 4.78 is 45.1. The Kier molecular flexibility index (Phi) is 30.6. The van der Waals surface area contributed by atoms with E-state index < -0.39 is 85.3 Å². The van der Waals surface area contributed by atoms with Gasteiger partial charge in [0.25, 0.3) is 24.8 Å². The summed E-state index contributed by atoms with van der Waals surface area (Å²) in [6.45, 7) is 4.33. The van der Waals surface area contributed by atoms with Gasteiger partial charge in [-0.15, -0.1) is 6.42 Å². The van der Waals surface area contributed by atoms with Crippen LogP contribution in [0.5, 0.6) is 5.75 Å². The number of hydrogen-bond acceptors (Lipinski definition) is 19. The van der Waals surface area contributed by atoms with Crippen LogP contribution < -0.4 is 26.0 Å². The summed E-state index contributed by atoms with van der Waals surface area (Å²) in [6.07, 6.45) is 10.6. The number of hydrogen-bond donors (Lipinski definition) is 5. The number of carbonyl (C=O) groups excluding carboxylic acids is 9. The van der Waals surface area contributed by atoms with Crippen molar-refractivity contribution in [3.63, 3.8) is 0 Å². The quantitative estimate of drug-likeness (QED) is 0.0190. The maximum atomic E-state index is 14.0. The third-order valence-electron chi connectivity index (χ3n) is 15.8. The highest BCUT2D eigenvalue weighted by Crippen LogP contribution is 2.32. The van der Waals surface area contributed by atoms with Crippen molar-refractivity contribution in [1.82, 2.24) is 60.6 Å². The lowest BCUT2D eigenvalue weighted by molar-refractivity contribution is -0.140. The second-order valence-electron chi connectivity index (χ2n) is 22.6. The maximum absolute atomic E-state index is 14.0. The number of amides is 7. The predicted molar refractivity (Wildman–Crippen MR) is 337 cm³/mol. The summed E-state index contributed by atoms with van der Waals surface area (Å²) in [6, 6.07) is 12.5. The van der Waals surface area contributed by atoms with Gasteiger partial charge in [-0.25, -0.2) is 8.78 Å². The van der Waals surface area contributed by atoms with Gasteiger partial charge in [0.15, 0.2) is 0 Å². The highest BCUT2D eigenvalue weighted by atomic mass is 127. The van der Waals surface area contributed by atoms with E-state index in [1.54, 1.807) is 32.9 Å². The molecule has 3 fully saturated rings. The lowest BCUT2D eigenvalue weighted by atomic mass is 10.1. The lowest BCUT2D eigenvalue weighted by Crippen LogP contribution is -2.53. The largest absolute Gasteiger partial charge is 0.494 e. The van der Waals surface area contributed by atoms with Crippen LogP contribution in [0.25, 0.3) is 10.9 Å². The lowest BCUT2D eigenvalue weighted by Gasteiger charge is -2.34. The number of terminal acetylenes is 1. The van der Waals surface area contributed by atoms with Crippen molar-refractivity contribution in [3.8, 4) is 18.1 Å². The molecule has 5 N–H and O–H groups in total. The number of likely N-dealkylation sites (tertiary alicyclic amines) is 1. The van der Waals surface area contributed by atoms with Gasteiger partial charge in [-0.05, 0) is 110 Å². The molecule has 3 aliphatic rings. The summed E-state index contributed by atoms with van der Waals surface area (Å²) in [5, 5.41) is 20.8. The molecule has 0 aliphatic carbocycles. The Morgan fingerprint density at radius 1 is 0.736 bits per heavy atom. The Balaban J connectivity index is 0.963. The van der Waals surface area contributed by atoms with Crippen molar-refractivity contribution in [3.05, 3.63) is 69.4 Å². The predicted octanol–water partition coefficient (Wildman–Crippen LogP) is 1.53. The number of rotatable bonds is 33. The second-order valence-corrected chi connectivity index (χ2v) is 23.9. The van der Waals surface area contributed by atoms with Gasteiger partial charge < -0.3 is 45.1 Å². The molecule has 0 radical (unpaired) electrons. The summed E-state index contributed by atoms with van der Waals surface area (Å²) in [4.78, 5) is 143. The van der Waals surface area contributed by atoms with Gasteiger partial charge in [-0.1, -0.05) is 30.9 Å². The van der Waals surface area contributed by atoms with Crippen LogP contribution in [0.1, 0.15) is 80.1 Å². The number of pyridine rings is 1. The normalized spacial score (nSPS) is 17.5. The third-order valence-corrected chi connectivity index (χ3v) is 16.5. The first-order chi connectivity index (χ1) is 43.8. The van der Waals surface area contributed by atoms with Crippen LogP contribution in [0.3, 0.4) is 0 Å². The van der Waals surface area contributed by atoms with Crippen LogP contribution in [0.15, 0.2) is 54.7 Å². The minimum atomic E-state index is -3.11. The number of ether oxygens (including phenoxy) is 3. The fraction of sp³-hybridized carbons (Fsp3) is 0.565. The molecule has 0 spiro atoms. The number of unbranched alkanes of at least 4 members (excludes halogenated alkanes) is 3. The number of carboxylic acids is 1. The minimum Gasteiger partial charge on any atom is -0.494 e. The Morgan fingerprint density at radius 2 is 1.38 bits per heavy atom. The average molecular weight is 1390 g/mol. The molecule has 3 saturated heterocycles. The highest BCUT2D eigenvalue weighted by molar-refractivity contribution is 14.1. The first kappa shape index (κ1) is 72.6. The minimum absolute atomic E-state index is 0.0321. The average Bonchev–Trinajstić information content (AvgIpc) is 1.89. The van der Waals surface area contributed by atoms with Crippen molar-refractivity contribution in [2.45, 2.75) is 88.6 Å². The molecule has 0 saturated carbocycles. The van der Waals surface area contributed by atoms with E-state index in [1.165, 1.54) is 12.3 Å². The fourth-order valence-electron chi connectivity index (χ4n) is 10.8. The molecule has 2 atom stereocenters. The smallest absolute Gasteiger partial charge is 0.317 e. The van der Waals surface area contributed by atoms with Crippen molar-refractivity contribution >= 4 is 93.8 Å². The first-order valence-electron chi connectivity index (χ1n) is 30.6. The zero-order valence-electron chi connectivity index (χ0n) is 51.2. The summed E-state index contributed by atoms with van der Waals surface area (Å²) >= 11 is 2.24. The van der Waals surface area contributed by atoms with Crippen molar-refractivity contribution in [2.24, 2.45) is 0 Å². The molecular formula is C62H83F2IN12O14. The molecule has 3 aliphatic heterocycles. The monoisotopic (exact) mass is 1380 g/mol. The molecule has 29 heteroatoms. The van der Waals surface area contributed by atoms with Crippen molar-refractivity contribution in [1.29, 1.82) is 0 Å². The van der Waals surface area contributed by atoms with E-state index in [4.69, 9.17) is 20.6 Å². The van der Waals surface area contributed by atoms with Crippen molar-refractivity contribution < 1.29 is 76.0 Å².